The van der Waals surface area contributed by atoms with E-state index in [1.54, 1.807) is 0 Å². The minimum Gasteiger partial charge on any atom is -0.465 e. The van der Waals surface area contributed by atoms with Crippen LogP contribution in [0.15, 0.2) is 0 Å². The molecule has 0 aromatic rings. The van der Waals surface area contributed by atoms with E-state index in [-0.39, 0.29) is 5.97 Å². The average Bonchev–Trinajstić information content (AvgIpc) is 2.86. The Hall–Kier alpha value is -0.220. The lowest BCUT2D eigenvalue weighted by molar-refractivity contribution is -0.141. The number of carbonyl (C=O) groups is 1. The number of hydrogen-bond donors (Lipinski definition) is 1. The molecule has 0 unspecified atom stereocenters. The smallest absolute Gasteiger partial charge is 0.319 e. The van der Waals surface area contributed by atoms with Gasteiger partial charge in [-0.3, -0.25) is 4.79 Å². The Balaban J connectivity index is 2.03. The molecule has 0 aliphatic heterocycles. The van der Waals surface area contributed by atoms with Crippen molar-refractivity contribution < 1.29 is 9.53 Å². The summed E-state index contributed by atoms with van der Waals surface area (Å²) < 4.78 is 5.23. The Kier molecular flexibility index (Phi) is 4.06. The van der Waals surface area contributed by atoms with Crippen LogP contribution in [-0.4, -0.2) is 36.7 Å². The van der Waals surface area contributed by atoms with Crippen molar-refractivity contribution in [1.29, 1.82) is 0 Å². The fourth-order valence-electron chi connectivity index (χ4n) is 1.20. The van der Waals surface area contributed by atoms with Gasteiger partial charge in [-0.15, -0.1) is 0 Å². The predicted molar refractivity (Wildman–Crippen MR) is 55.0 cm³/mol. The van der Waals surface area contributed by atoms with Crippen LogP contribution in [0.3, 0.4) is 0 Å². The molecule has 0 bridgehead atoms. The Bertz CT molecular complexity index is 180. The van der Waals surface area contributed by atoms with Crippen LogP contribution in [0, 0.1) is 0 Å². The van der Waals surface area contributed by atoms with E-state index in [2.05, 4.69) is 11.6 Å². The summed E-state index contributed by atoms with van der Waals surface area (Å²) in [5, 5.41) is 3.13. The van der Waals surface area contributed by atoms with Gasteiger partial charge in [0.15, 0.2) is 0 Å². The molecule has 0 atom stereocenters. The molecule has 0 amide bonds. The summed E-state index contributed by atoms with van der Waals surface area (Å²) in [5.41, 5.74) is 0. The minimum atomic E-state index is -0.153. The summed E-state index contributed by atoms with van der Waals surface area (Å²) in [7, 11) is 0. The molecule has 0 aromatic heterocycles. The number of ether oxygens (including phenoxy) is 1. The highest BCUT2D eigenvalue weighted by Crippen LogP contribution is 2.46. The third-order valence-electron chi connectivity index (χ3n) is 2.26. The quantitative estimate of drug-likeness (QED) is 0.654. The van der Waals surface area contributed by atoms with Gasteiger partial charge in [0.05, 0.1) is 13.2 Å². The second kappa shape index (κ2) is 4.86. The third kappa shape index (κ3) is 3.56. The van der Waals surface area contributed by atoms with E-state index in [4.69, 9.17) is 4.74 Å². The zero-order chi connectivity index (χ0) is 9.73. The number of thioether (sulfide) groups is 1. The molecule has 3 nitrogen and oxygen atoms in total. The van der Waals surface area contributed by atoms with Crippen LogP contribution in [0.1, 0.15) is 19.8 Å². The normalized spacial score (nSPS) is 18.3. The number of nitrogens with one attached hydrogen (secondary N) is 1. The molecule has 0 heterocycles. The largest absolute Gasteiger partial charge is 0.465 e. The van der Waals surface area contributed by atoms with E-state index in [0.717, 1.165) is 6.54 Å². The standard InChI is InChI=1S/C9H17NO2S/c1-3-12-8(11)6-10-7-9(13-2)4-5-9/h10H,3-7H2,1-2H3. The molecule has 1 fully saturated rings. The number of rotatable bonds is 6. The maximum absolute atomic E-state index is 10.9. The van der Waals surface area contributed by atoms with E-state index in [1.807, 2.05) is 18.7 Å². The molecule has 0 spiro atoms. The summed E-state index contributed by atoms with van der Waals surface area (Å²) in [6.07, 6.45) is 4.66. The van der Waals surface area contributed by atoms with Crippen molar-refractivity contribution in [1.82, 2.24) is 5.32 Å². The Morgan fingerprint density at radius 3 is 2.77 bits per heavy atom. The first-order valence-corrected chi connectivity index (χ1v) is 5.86. The van der Waals surface area contributed by atoms with Crippen LogP contribution in [0.2, 0.25) is 0 Å². The van der Waals surface area contributed by atoms with Gasteiger partial charge in [-0.2, -0.15) is 11.8 Å². The first kappa shape index (κ1) is 10.9. The van der Waals surface area contributed by atoms with Crippen molar-refractivity contribution in [2.75, 3.05) is 26.0 Å². The summed E-state index contributed by atoms with van der Waals surface area (Å²) in [6, 6.07) is 0. The summed E-state index contributed by atoms with van der Waals surface area (Å²) in [4.78, 5) is 10.9. The fraction of sp³-hybridized carbons (Fsp3) is 0.889. The number of esters is 1. The Morgan fingerprint density at radius 1 is 1.62 bits per heavy atom. The zero-order valence-electron chi connectivity index (χ0n) is 8.26. The van der Waals surface area contributed by atoms with Crippen molar-refractivity contribution in [3.8, 4) is 0 Å². The molecule has 0 saturated heterocycles. The SMILES string of the molecule is CCOC(=O)CNCC1(SC)CC1. The highest BCUT2D eigenvalue weighted by molar-refractivity contribution is 8.00. The summed E-state index contributed by atoms with van der Waals surface area (Å²) >= 11 is 1.89. The number of hydrogen-bond acceptors (Lipinski definition) is 4. The van der Waals surface area contributed by atoms with E-state index in [9.17, 15) is 4.79 Å². The van der Waals surface area contributed by atoms with Crippen LogP contribution < -0.4 is 5.32 Å². The minimum absolute atomic E-state index is 0.153. The molecular formula is C9H17NO2S. The average molecular weight is 203 g/mol. The predicted octanol–water partition coefficient (Wildman–Crippen LogP) is 1.03. The van der Waals surface area contributed by atoms with Crippen LogP contribution in [-0.2, 0) is 9.53 Å². The van der Waals surface area contributed by atoms with Crippen molar-refractivity contribution in [3.05, 3.63) is 0 Å². The van der Waals surface area contributed by atoms with Gasteiger partial charge in [-0.25, -0.2) is 0 Å². The first-order valence-electron chi connectivity index (χ1n) is 4.64. The second-order valence-electron chi connectivity index (χ2n) is 3.30. The van der Waals surface area contributed by atoms with Crippen LogP contribution in [0.25, 0.3) is 0 Å². The van der Waals surface area contributed by atoms with Gasteiger partial charge in [0.1, 0.15) is 0 Å². The monoisotopic (exact) mass is 203 g/mol. The molecule has 4 heteroatoms. The maximum Gasteiger partial charge on any atom is 0.319 e. The Morgan fingerprint density at radius 2 is 2.31 bits per heavy atom. The molecular weight excluding hydrogens is 186 g/mol. The molecule has 0 aromatic carbocycles. The van der Waals surface area contributed by atoms with Gasteiger partial charge >= 0.3 is 5.97 Å². The van der Waals surface area contributed by atoms with Gasteiger partial charge in [-0.1, -0.05) is 0 Å². The lowest BCUT2D eigenvalue weighted by atomic mass is 10.4. The van der Waals surface area contributed by atoms with Crippen molar-refractivity contribution >= 4 is 17.7 Å². The lowest BCUT2D eigenvalue weighted by Crippen LogP contribution is -2.31. The van der Waals surface area contributed by atoms with Gasteiger partial charge < -0.3 is 10.1 Å². The van der Waals surface area contributed by atoms with Gasteiger partial charge in [0, 0.05) is 11.3 Å². The second-order valence-corrected chi connectivity index (χ2v) is 4.57. The highest BCUT2D eigenvalue weighted by Gasteiger charge is 2.41. The third-order valence-corrected chi connectivity index (χ3v) is 3.68. The van der Waals surface area contributed by atoms with Crippen LogP contribution >= 0.6 is 11.8 Å². The van der Waals surface area contributed by atoms with E-state index in [1.165, 1.54) is 12.8 Å². The molecule has 13 heavy (non-hydrogen) atoms. The fourth-order valence-corrected chi connectivity index (χ4v) is 1.95. The van der Waals surface area contributed by atoms with Crippen molar-refractivity contribution in [3.63, 3.8) is 0 Å². The Labute approximate surface area is 83.6 Å². The molecule has 0 radical (unpaired) electrons. The van der Waals surface area contributed by atoms with Crippen molar-refractivity contribution in [2.24, 2.45) is 0 Å². The summed E-state index contributed by atoms with van der Waals surface area (Å²) in [6.45, 7) is 3.56. The molecule has 1 aliphatic carbocycles. The molecule has 1 N–H and O–H groups in total. The van der Waals surface area contributed by atoms with E-state index >= 15 is 0 Å². The van der Waals surface area contributed by atoms with E-state index in [0.29, 0.717) is 17.9 Å². The van der Waals surface area contributed by atoms with Crippen LogP contribution in [0.4, 0.5) is 0 Å². The molecule has 76 valence electrons. The van der Waals surface area contributed by atoms with Crippen molar-refractivity contribution in [2.45, 2.75) is 24.5 Å². The van der Waals surface area contributed by atoms with Gasteiger partial charge in [0.2, 0.25) is 0 Å². The summed E-state index contributed by atoms with van der Waals surface area (Å²) in [5.74, 6) is -0.153. The molecule has 1 aliphatic rings. The first-order chi connectivity index (χ1) is 6.22. The molecule has 1 rings (SSSR count). The highest BCUT2D eigenvalue weighted by atomic mass is 32.2. The van der Waals surface area contributed by atoms with Gasteiger partial charge in [-0.05, 0) is 26.0 Å². The van der Waals surface area contributed by atoms with Crippen LogP contribution in [0.5, 0.6) is 0 Å². The van der Waals surface area contributed by atoms with Gasteiger partial charge in [0.25, 0.3) is 0 Å². The topological polar surface area (TPSA) is 38.3 Å². The zero-order valence-corrected chi connectivity index (χ0v) is 9.08. The van der Waals surface area contributed by atoms with E-state index < -0.39 is 0 Å². The number of carbonyl (C=O) groups excluding carboxylic acids is 1. The maximum atomic E-state index is 10.9. The molecule has 1 saturated carbocycles. The lowest BCUT2D eigenvalue weighted by Gasteiger charge is -2.12.